The maximum atomic E-state index is 14.4. The number of hydrogen-bond acceptors (Lipinski definition) is 10. The first-order valence-electron chi connectivity index (χ1n) is 12.2. The Morgan fingerprint density at radius 3 is 2.35 bits per heavy atom. The molecule has 0 radical (unpaired) electrons. The molecule has 0 spiro atoms. The summed E-state index contributed by atoms with van der Waals surface area (Å²) < 4.78 is 80.6. The number of nitrogens with zero attached hydrogens (tertiary/aromatic N) is 4. The van der Waals surface area contributed by atoms with Gasteiger partial charge in [-0.1, -0.05) is 0 Å². The van der Waals surface area contributed by atoms with Gasteiger partial charge in [0, 0.05) is 24.8 Å². The Balaban J connectivity index is 1.32. The van der Waals surface area contributed by atoms with Crippen molar-refractivity contribution in [2.24, 2.45) is 0 Å². The molecule has 3 aromatic rings. The first-order valence-corrected chi connectivity index (χ1v) is 15.2. The average molecular weight is 608 g/mol. The molecule has 1 unspecified atom stereocenters. The Kier molecular flexibility index (Phi) is 8.19. The van der Waals surface area contributed by atoms with E-state index in [0.717, 1.165) is 0 Å². The molecule has 14 nitrogen and oxygen atoms in total. The molecule has 5 rings (SSSR count). The van der Waals surface area contributed by atoms with E-state index in [0.29, 0.717) is 55.8 Å². The van der Waals surface area contributed by atoms with Gasteiger partial charge >= 0.3 is 15.6 Å². The number of hydrogen-bond donors (Lipinski definition) is 5. The van der Waals surface area contributed by atoms with E-state index >= 15 is 0 Å². The van der Waals surface area contributed by atoms with E-state index < -0.39 is 44.9 Å². The molecule has 2 fully saturated rings. The highest BCUT2D eigenvalue weighted by atomic mass is 31.3. The highest BCUT2D eigenvalue weighted by Crippen LogP contribution is 2.58. The number of benzene rings is 1. The summed E-state index contributed by atoms with van der Waals surface area (Å²) in [5.74, 6) is -3.00. The van der Waals surface area contributed by atoms with Crippen molar-refractivity contribution >= 4 is 44.4 Å². The Labute approximate surface area is 224 Å². The zero-order valence-corrected chi connectivity index (χ0v) is 22.4. The SMILES string of the molecule is O=P(O)(O)OP(=O)(O)OC1CCC(Nc2ncc3nc(Nc4c(F)cc(F)cc4F)n([C@H]4CCOC4)c3n2)CC1. The van der Waals surface area contributed by atoms with Crippen molar-refractivity contribution in [3.05, 3.63) is 35.8 Å². The Morgan fingerprint density at radius 1 is 1.02 bits per heavy atom. The molecule has 1 aliphatic carbocycles. The van der Waals surface area contributed by atoms with Crippen LogP contribution in [-0.2, 0) is 22.7 Å². The number of ether oxygens (including phenoxy) is 1. The number of anilines is 3. The van der Waals surface area contributed by atoms with Crippen LogP contribution in [0.2, 0.25) is 0 Å². The summed E-state index contributed by atoms with van der Waals surface area (Å²) in [6.45, 7) is 0.774. The van der Waals surface area contributed by atoms with Crippen molar-refractivity contribution < 1.29 is 50.6 Å². The quantitative estimate of drug-likeness (QED) is 0.220. The van der Waals surface area contributed by atoms with Crippen molar-refractivity contribution in [2.45, 2.75) is 50.3 Å². The maximum absolute atomic E-state index is 14.4. The lowest BCUT2D eigenvalue weighted by Gasteiger charge is -2.29. The molecule has 1 saturated heterocycles. The standard InChI is InChI=1S/C21H25F3N6O8P2/c22-11-7-15(23)18(16(24)8-11)28-21-27-17-9-25-20(29-19(17)30(21)13-5-6-36-10-13)26-12-1-3-14(4-2-12)37-40(34,35)38-39(31,32)33/h7-9,12-14H,1-6,10H2,(H,27,28)(H,34,35)(H,25,26,29)(H2,31,32,33)/t12?,13-,14?/m0/s1. The van der Waals surface area contributed by atoms with E-state index in [4.69, 9.17) is 19.0 Å². The molecule has 0 bridgehead atoms. The molecule has 1 aliphatic heterocycles. The van der Waals surface area contributed by atoms with Crippen LogP contribution in [0.4, 0.5) is 30.8 Å². The fraction of sp³-hybridized carbons (Fsp3) is 0.476. The lowest BCUT2D eigenvalue weighted by atomic mass is 9.93. The maximum Gasteiger partial charge on any atom is 0.481 e. The highest BCUT2D eigenvalue weighted by Gasteiger charge is 2.36. The molecular formula is C21H25F3N6O8P2. The van der Waals surface area contributed by atoms with E-state index in [1.165, 1.54) is 6.20 Å². The van der Waals surface area contributed by atoms with Crippen LogP contribution >= 0.6 is 15.6 Å². The number of fused-ring (bicyclic) bond motifs is 1. The molecule has 0 amide bonds. The van der Waals surface area contributed by atoms with Gasteiger partial charge in [0.1, 0.15) is 17.0 Å². The van der Waals surface area contributed by atoms with Gasteiger partial charge in [-0.3, -0.25) is 9.09 Å². The first-order chi connectivity index (χ1) is 18.9. The Hall–Kier alpha value is -2.62. The molecular weight excluding hydrogens is 583 g/mol. The Bertz CT molecular complexity index is 1470. The van der Waals surface area contributed by atoms with Crippen LogP contribution in [0.5, 0.6) is 0 Å². The number of aromatic nitrogens is 4. The van der Waals surface area contributed by atoms with Gasteiger partial charge in [0.2, 0.25) is 11.9 Å². The summed E-state index contributed by atoms with van der Waals surface area (Å²) in [4.78, 5) is 40.3. The number of rotatable bonds is 9. The second-order valence-corrected chi connectivity index (χ2v) is 12.1. The topological polar surface area (TPSA) is 190 Å². The van der Waals surface area contributed by atoms with Gasteiger partial charge in [-0.2, -0.15) is 9.29 Å². The minimum atomic E-state index is -5.21. The molecule has 2 atom stereocenters. The van der Waals surface area contributed by atoms with E-state index in [9.17, 15) is 27.2 Å². The largest absolute Gasteiger partial charge is 0.481 e. The summed E-state index contributed by atoms with van der Waals surface area (Å²) in [5.41, 5.74) is 0.135. The van der Waals surface area contributed by atoms with Crippen LogP contribution in [0.3, 0.4) is 0 Å². The third kappa shape index (κ3) is 6.81. The number of phosphoric ester groups is 1. The smallest absolute Gasteiger partial charge is 0.379 e. The predicted molar refractivity (Wildman–Crippen MR) is 133 cm³/mol. The van der Waals surface area contributed by atoms with Crippen molar-refractivity contribution in [3.63, 3.8) is 0 Å². The van der Waals surface area contributed by atoms with E-state index in [-0.39, 0.29) is 36.8 Å². The number of nitrogens with one attached hydrogen (secondary N) is 2. The van der Waals surface area contributed by atoms with Crippen molar-refractivity contribution in [1.82, 2.24) is 19.5 Å². The average Bonchev–Trinajstić information content (AvgIpc) is 3.48. The monoisotopic (exact) mass is 608 g/mol. The molecule has 1 aromatic carbocycles. The molecule has 2 aromatic heterocycles. The summed E-state index contributed by atoms with van der Waals surface area (Å²) in [6.07, 6.45) is 2.75. The van der Waals surface area contributed by atoms with Crippen LogP contribution in [0, 0.1) is 17.5 Å². The van der Waals surface area contributed by atoms with Gasteiger partial charge in [0.05, 0.1) is 24.9 Å². The minimum Gasteiger partial charge on any atom is -0.379 e. The molecule has 2 aliphatic rings. The highest BCUT2D eigenvalue weighted by molar-refractivity contribution is 7.60. The summed E-state index contributed by atoms with van der Waals surface area (Å²) in [5, 5.41) is 5.79. The van der Waals surface area contributed by atoms with E-state index in [1.54, 1.807) is 4.57 Å². The van der Waals surface area contributed by atoms with Crippen LogP contribution < -0.4 is 10.6 Å². The number of halogens is 3. The molecule has 1 saturated carbocycles. The number of phosphoric acid groups is 2. The van der Waals surface area contributed by atoms with Gasteiger partial charge in [-0.25, -0.2) is 32.3 Å². The van der Waals surface area contributed by atoms with Crippen molar-refractivity contribution in [2.75, 3.05) is 23.8 Å². The van der Waals surface area contributed by atoms with Crippen LogP contribution in [0.1, 0.15) is 38.1 Å². The molecule has 40 heavy (non-hydrogen) atoms. The van der Waals surface area contributed by atoms with Gasteiger partial charge in [0.15, 0.2) is 17.3 Å². The summed E-state index contributed by atoms with van der Waals surface area (Å²) >= 11 is 0. The van der Waals surface area contributed by atoms with Crippen LogP contribution in [-0.4, -0.2) is 59.6 Å². The molecule has 19 heteroatoms. The zero-order valence-electron chi connectivity index (χ0n) is 20.6. The molecule has 3 heterocycles. The fourth-order valence-corrected chi connectivity index (χ4v) is 6.55. The van der Waals surface area contributed by atoms with Crippen LogP contribution in [0.25, 0.3) is 11.2 Å². The number of imidazole rings is 1. The minimum absolute atomic E-state index is 0.0740. The molecule has 218 valence electrons. The van der Waals surface area contributed by atoms with Gasteiger partial charge in [0.25, 0.3) is 0 Å². The van der Waals surface area contributed by atoms with Crippen LogP contribution in [0.15, 0.2) is 18.3 Å². The second kappa shape index (κ2) is 11.3. The molecule has 5 N–H and O–H groups in total. The van der Waals surface area contributed by atoms with Crippen molar-refractivity contribution in [3.8, 4) is 0 Å². The van der Waals surface area contributed by atoms with Gasteiger partial charge < -0.3 is 30.1 Å². The first kappa shape index (κ1) is 28.9. The zero-order chi connectivity index (χ0) is 28.7. The fourth-order valence-electron chi connectivity index (χ4n) is 4.73. The lowest BCUT2D eigenvalue weighted by Crippen LogP contribution is -2.30. The van der Waals surface area contributed by atoms with E-state index in [1.807, 2.05) is 0 Å². The third-order valence-electron chi connectivity index (χ3n) is 6.45. The lowest BCUT2D eigenvalue weighted by molar-refractivity contribution is 0.0980. The van der Waals surface area contributed by atoms with Crippen molar-refractivity contribution in [1.29, 1.82) is 0 Å². The van der Waals surface area contributed by atoms with Gasteiger partial charge in [-0.05, 0) is 32.1 Å². The van der Waals surface area contributed by atoms with Gasteiger partial charge in [-0.15, -0.1) is 0 Å². The van der Waals surface area contributed by atoms with E-state index in [2.05, 4.69) is 29.9 Å². The predicted octanol–water partition coefficient (Wildman–Crippen LogP) is 3.90. The Morgan fingerprint density at radius 2 is 1.73 bits per heavy atom. The summed E-state index contributed by atoms with van der Waals surface area (Å²) in [6, 6.07) is 0.703. The second-order valence-electron chi connectivity index (χ2n) is 9.36. The summed E-state index contributed by atoms with van der Waals surface area (Å²) in [7, 11) is -10.2. The normalized spacial score (nSPS) is 23.3. The third-order valence-corrected chi connectivity index (χ3v) is 8.69.